The van der Waals surface area contributed by atoms with Crippen molar-refractivity contribution in [2.45, 2.75) is 64.3 Å². The highest BCUT2D eigenvalue weighted by molar-refractivity contribution is 7.22. The van der Waals surface area contributed by atoms with Gasteiger partial charge in [-0.15, -0.1) is 0 Å². The number of aryl methyl sites for hydroxylation is 2. The Morgan fingerprint density at radius 1 is 0.868 bits per heavy atom. The first-order chi connectivity index (χ1) is 33.1. The maximum atomic E-state index is 5.23. The predicted octanol–water partition coefficient (Wildman–Crippen LogP) is 13.9. The molecule has 340 valence electrons. The highest BCUT2D eigenvalue weighted by Crippen LogP contribution is 2.38. The number of allylic oxidation sites excluding steroid dienone is 3. The van der Waals surface area contributed by atoms with Gasteiger partial charge >= 0.3 is 0 Å². The summed E-state index contributed by atoms with van der Waals surface area (Å²) in [7, 11) is 2.01. The van der Waals surface area contributed by atoms with Crippen molar-refractivity contribution in [3.8, 4) is 11.1 Å². The first-order valence-corrected chi connectivity index (χ1v) is 24.4. The van der Waals surface area contributed by atoms with Gasteiger partial charge in [0.2, 0.25) is 0 Å². The number of para-hydroxylation sites is 1. The third kappa shape index (κ3) is 9.14. The summed E-state index contributed by atoms with van der Waals surface area (Å²) in [5, 5.41) is 17.3. The standard InChI is InChI=1S/C59H58N8S/c1-8-53-50(30-31-57(63-53)67-33-32-44-16-12-19-48(52(44)36-67)40(5)62-59-64-54-20-9-10-21-56(54)68-59)47-18-13-17-45(39(47)4)34-43-25-23-42(24-26-43)15-11-14-37(2)61-46-27-29-51-55(35-46)66(7)65-58(51)49-28-22-38(3)60-41(49)6/h8-10,12-13,16-21,23-27,29-31,35,49,60-61H,1-3,5-6,11,14-15,22,28,32-34,36H2,4,7H3,(H,62,64). The number of thiazole rings is 1. The van der Waals surface area contributed by atoms with Crippen molar-refractivity contribution in [1.82, 2.24) is 25.1 Å². The predicted molar refractivity (Wildman–Crippen MR) is 287 cm³/mol. The molecule has 0 bridgehead atoms. The molecule has 68 heavy (non-hydrogen) atoms. The van der Waals surface area contributed by atoms with E-state index in [1.807, 2.05) is 36.0 Å². The van der Waals surface area contributed by atoms with Gasteiger partial charge in [0.1, 0.15) is 5.82 Å². The van der Waals surface area contributed by atoms with Gasteiger partial charge in [-0.25, -0.2) is 9.97 Å². The lowest BCUT2D eigenvalue weighted by Crippen LogP contribution is -2.32. The first-order valence-electron chi connectivity index (χ1n) is 23.6. The molecule has 0 saturated carbocycles. The second-order valence-corrected chi connectivity index (χ2v) is 19.3. The molecule has 5 aromatic carbocycles. The molecule has 0 amide bonds. The number of piperidine rings is 1. The molecule has 5 heterocycles. The lowest BCUT2D eigenvalue weighted by atomic mass is 9.90. The van der Waals surface area contributed by atoms with Crippen LogP contribution < -0.4 is 20.9 Å². The van der Waals surface area contributed by atoms with Gasteiger partial charge < -0.3 is 20.9 Å². The van der Waals surface area contributed by atoms with Crippen LogP contribution in [0.15, 0.2) is 165 Å². The van der Waals surface area contributed by atoms with Gasteiger partial charge in [0.25, 0.3) is 0 Å². The largest absolute Gasteiger partial charge is 0.363 e. The lowest BCUT2D eigenvalue weighted by molar-refractivity contribution is 0.575. The smallest absolute Gasteiger partial charge is 0.188 e. The Morgan fingerprint density at radius 2 is 1.69 bits per heavy atom. The molecular formula is C59H58N8S. The minimum atomic E-state index is 0.176. The maximum Gasteiger partial charge on any atom is 0.188 e. The number of hydrogen-bond acceptors (Lipinski definition) is 8. The van der Waals surface area contributed by atoms with Crippen LogP contribution in [0.2, 0.25) is 0 Å². The fourth-order valence-electron chi connectivity index (χ4n) is 9.98. The molecule has 8 nitrogen and oxygen atoms in total. The van der Waals surface area contributed by atoms with Crippen LogP contribution in [0.3, 0.4) is 0 Å². The van der Waals surface area contributed by atoms with Gasteiger partial charge in [-0.2, -0.15) is 5.10 Å². The van der Waals surface area contributed by atoms with Crippen LogP contribution in [0.5, 0.6) is 0 Å². The summed E-state index contributed by atoms with van der Waals surface area (Å²) in [5.74, 6) is 1.13. The molecule has 2 aliphatic heterocycles. The second-order valence-electron chi connectivity index (χ2n) is 18.3. The molecule has 1 atom stereocenters. The number of nitrogens with zero attached hydrogens (tertiary/aromatic N) is 5. The van der Waals surface area contributed by atoms with Crippen LogP contribution in [0.4, 0.5) is 16.6 Å². The molecule has 3 N–H and O–H groups in total. The van der Waals surface area contributed by atoms with E-state index in [1.165, 1.54) is 38.9 Å². The van der Waals surface area contributed by atoms with Crippen molar-refractivity contribution >= 4 is 60.9 Å². The molecule has 10 rings (SSSR count). The van der Waals surface area contributed by atoms with E-state index < -0.39 is 0 Å². The van der Waals surface area contributed by atoms with Gasteiger partial charge in [-0.3, -0.25) is 4.68 Å². The number of rotatable bonds is 15. The molecule has 1 unspecified atom stereocenters. The molecule has 9 heteroatoms. The molecule has 1 fully saturated rings. The monoisotopic (exact) mass is 910 g/mol. The molecule has 0 aliphatic carbocycles. The molecule has 0 radical (unpaired) electrons. The third-order valence-electron chi connectivity index (χ3n) is 13.7. The van der Waals surface area contributed by atoms with Crippen LogP contribution >= 0.6 is 11.3 Å². The zero-order valence-corrected chi connectivity index (χ0v) is 40.0. The molecule has 8 aromatic rings. The SMILES string of the molecule is C=Cc1nc(N2CCc3cccc(C(=C)Nc4nc5ccccc5s4)c3C2)ccc1-c1cccc(Cc2ccc(CCCC(=C)Nc3ccc4c(C5CCC(=C)NC5=C)nn(C)c4c3)cc2)c1C. The Balaban J connectivity index is 0.753. The number of aromatic nitrogens is 4. The van der Waals surface area contributed by atoms with Crippen molar-refractivity contribution in [2.24, 2.45) is 7.05 Å². The Morgan fingerprint density at radius 3 is 2.51 bits per heavy atom. The highest BCUT2D eigenvalue weighted by Gasteiger charge is 2.26. The molecule has 1 saturated heterocycles. The lowest BCUT2D eigenvalue weighted by Gasteiger charge is -2.32. The van der Waals surface area contributed by atoms with E-state index in [-0.39, 0.29) is 5.92 Å². The minimum Gasteiger partial charge on any atom is -0.363 e. The van der Waals surface area contributed by atoms with E-state index in [4.69, 9.17) is 15.1 Å². The summed E-state index contributed by atoms with van der Waals surface area (Å²) in [6, 6.07) is 41.3. The zero-order chi connectivity index (χ0) is 46.9. The van der Waals surface area contributed by atoms with Crippen molar-refractivity contribution in [3.05, 3.63) is 216 Å². The van der Waals surface area contributed by atoms with Crippen molar-refractivity contribution in [1.29, 1.82) is 0 Å². The summed E-state index contributed by atoms with van der Waals surface area (Å²) in [5.41, 5.74) is 20.2. The number of nitrogens with one attached hydrogen (secondary N) is 3. The zero-order valence-electron chi connectivity index (χ0n) is 39.2. The van der Waals surface area contributed by atoms with E-state index in [9.17, 15) is 0 Å². The quantitative estimate of drug-likeness (QED) is 0.0945. The van der Waals surface area contributed by atoms with Crippen LogP contribution in [-0.2, 0) is 32.9 Å². The second kappa shape index (κ2) is 19.0. The fourth-order valence-corrected chi connectivity index (χ4v) is 10.9. The van der Waals surface area contributed by atoms with Crippen LogP contribution in [0.1, 0.15) is 81.9 Å². The average molecular weight is 911 g/mol. The van der Waals surface area contributed by atoms with Gasteiger partial charge in [-0.05, 0) is 139 Å². The fraction of sp³-hybridized carbons (Fsp3) is 0.203. The van der Waals surface area contributed by atoms with E-state index in [0.717, 1.165) is 141 Å². The van der Waals surface area contributed by atoms with Gasteiger partial charge in [0.05, 0.1) is 27.1 Å². The van der Waals surface area contributed by atoms with E-state index in [2.05, 4.69) is 158 Å². The van der Waals surface area contributed by atoms with Gasteiger partial charge in [-0.1, -0.05) is 117 Å². The van der Waals surface area contributed by atoms with Gasteiger partial charge in [0, 0.05) is 71.0 Å². The van der Waals surface area contributed by atoms with Crippen molar-refractivity contribution in [3.63, 3.8) is 0 Å². The molecule has 3 aromatic heterocycles. The summed E-state index contributed by atoms with van der Waals surface area (Å²) in [6.07, 6.45) is 8.46. The molecule has 0 spiro atoms. The highest BCUT2D eigenvalue weighted by atomic mass is 32.1. The Kier molecular flexibility index (Phi) is 12.4. The van der Waals surface area contributed by atoms with Crippen LogP contribution in [-0.4, -0.2) is 26.3 Å². The topological polar surface area (TPSA) is 82.9 Å². The summed E-state index contributed by atoms with van der Waals surface area (Å²) in [4.78, 5) is 12.4. The van der Waals surface area contributed by atoms with Crippen molar-refractivity contribution < 1.29 is 0 Å². The summed E-state index contributed by atoms with van der Waals surface area (Å²) < 4.78 is 3.13. The van der Waals surface area contributed by atoms with E-state index >= 15 is 0 Å². The Labute approximate surface area is 404 Å². The third-order valence-corrected chi connectivity index (χ3v) is 14.7. The maximum absolute atomic E-state index is 5.23. The molecular weight excluding hydrogens is 853 g/mol. The molecule has 2 aliphatic rings. The number of benzene rings is 5. The minimum absolute atomic E-state index is 0.176. The normalized spacial score (nSPS) is 14.7. The van der Waals surface area contributed by atoms with Crippen LogP contribution in [0.25, 0.3) is 44.0 Å². The average Bonchev–Trinajstić information content (AvgIpc) is 3.91. The van der Waals surface area contributed by atoms with E-state index in [0.29, 0.717) is 0 Å². The summed E-state index contributed by atoms with van der Waals surface area (Å²) >= 11 is 1.65. The summed E-state index contributed by atoms with van der Waals surface area (Å²) in [6.45, 7) is 25.2. The van der Waals surface area contributed by atoms with Crippen molar-refractivity contribution in [2.75, 3.05) is 22.1 Å². The number of pyridine rings is 1. The van der Waals surface area contributed by atoms with E-state index in [1.54, 1.807) is 11.3 Å². The number of fused-ring (bicyclic) bond motifs is 3. The first kappa shape index (κ1) is 44.4. The van der Waals surface area contributed by atoms with Crippen LogP contribution in [0, 0.1) is 6.92 Å². The Bertz CT molecular complexity index is 3250. The number of hydrogen-bond donors (Lipinski definition) is 3. The Hall–Kier alpha value is -7.49. The number of anilines is 3. The van der Waals surface area contributed by atoms with Gasteiger partial charge in [0.15, 0.2) is 5.13 Å².